The number of aromatic amines is 1. The molecule has 308 valence electrons. The number of nitrogens with two attached hydrogens (primary N) is 1. The summed E-state index contributed by atoms with van der Waals surface area (Å²) < 4.78 is 33.9. The fraction of sp³-hybridized carbons (Fsp3) is 0.375. The van der Waals surface area contributed by atoms with Gasteiger partial charge in [-0.05, 0) is 53.8 Å². The molecule has 18 heteroatoms. The number of amides is 3. The maximum Gasteiger partial charge on any atom is 0.280 e. The van der Waals surface area contributed by atoms with Gasteiger partial charge in [0, 0.05) is 56.7 Å². The monoisotopic (exact) mass is 818 g/mol. The Balaban J connectivity index is 0.919. The third kappa shape index (κ3) is 13.5. The zero-order chi connectivity index (χ0) is 41.3. The Morgan fingerprint density at radius 1 is 0.862 bits per heavy atom. The van der Waals surface area contributed by atoms with Gasteiger partial charge in [-0.3, -0.25) is 28.7 Å². The van der Waals surface area contributed by atoms with E-state index in [0.717, 1.165) is 28.5 Å². The van der Waals surface area contributed by atoms with Gasteiger partial charge in [0.15, 0.2) is 28.7 Å². The van der Waals surface area contributed by atoms with E-state index in [1.807, 2.05) is 60.4 Å². The second-order valence-electron chi connectivity index (χ2n) is 13.2. The zero-order valence-corrected chi connectivity index (χ0v) is 33.3. The van der Waals surface area contributed by atoms with Crippen LogP contribution in [0.3, 0.4) is 0 Å². The molecule has 0 aliphatic heterocycles. The summed E-state index contributed by atoms with van der Waals surface area (Å²) in [4.78, 5) is 61.2. The van der Waals surface area contributed by atoms with Crippen LogP contribution in [0.25, 0.3) is 22.3 Å². The number of rotatable bonds is 23. The number of H-pyrrole nitrogens is 1. The molecule has 3 aromatic heterocycles. The summed E-state index contributed by atoms with van der Waals surface area (Å²) in [5.41, 5.74) is 9.04. The number of pyridine rings is 1. The van der Waals surface area contributed by atoms with Gasteiger partial charge >= 0.3 is 0 Å². The number of ether oxygens (including phenoxy) is 3. The van der Waals surface area contributed by atoms with E-state index in [0.29, 0.717) is 76.3 Å². The van der Waals surface area contributed by atoms with Crippen molar-refractivity contribution < 1.29 is 37.6 Å². The van der Waals surface area contributed by atoms with Crippen LogP contribution in [0.15, 0.2) is 83.0 Å². The van der Waals surface area contributed by atoms with Crippen LogP contribution >= 0.6 is 11.8 Å². The van der Waals surface area contributed by atoms with Crippen molar-refractivity contribution in [1.82, 2.24) is 35.5 Å². The first-order chi connectivity index (χ1) is 28.1. The van der Waals surface area contributed by atoms with E-state index < -0.39 is 17.5 Å². The van der Waals surface area contributed by atoms with Gasteiger partial charge in [-0.25, -0.2) is 13.9 Å². The van der Waals surface area contributed by atoms with E-state index in [1.54, 1.807) is 16.7 Å². The highest BCUT2D eigenvalue weighted by atomic mass is 32.2. The second-order valence-corrected chi connectivity index (χ2v) is 14.2. The van der Waals surface area contributed by atoms with E-state index in [2.05, 4.69) is 30.9 Å². The smallest absolute Gasteiger partial charge is 0.280 e. The number of hydrogen-bond donors (Lipinski definition) is 5. The van der Waals surface area contributed by atoms with Gasteiger partial charge in [-0.1, -0.05) is 36.0 Å². The molecule has 1 atom stereocenters. The summed E-state index contributed by atoms with van der Waals surface area (Å²) >= 11 is 1.16. The van der Waals surface area contributed by atoms with Crippen LogP contribution in [0, 0.1) is 5.82 Å². The van der Waals surface area contributed by atoms with Crippen molar-refractivity contribution >= 4 is 46.6 Å². The second kappa shape index (κ2) is 22.3. The molecule has 58 heavy (non-hydrogen) atoms. The van der Waals surface area contributed by atoms with Crippen molar-refractivity contribution in [2.75, 3.05) is 64.2 Å². The van der Waals surface area contributed by atoms with Crippen LogP contribution in [0.4, 0.5) is 10.3 Å². The number of halogens is 1. The molecule has 0 fully saturated rings. The number of aromatic nitrogens is 5. The van der Waals surface area contributed by atoms with Crippen LogP contribution in [0.1, 0.15) is 35.7 Å². The van der Waals surface area contributed by atoms with Crippen LogP contribution in [0.5, 0.6) is 0 Å². The van der Waals surface area contributed by atoms with Crippen LogP contribution in [-0.4, -0.2) is 102 Å². The van der Waals surface area contributed by atoms with Gasteiger partial charge in [-0.15, -0.1) is 0 Å². The molecular formula is C40H49FN9O7S+. The molecular weight excluding hydrogens is 770 g/mol. The van der Waals surface area contributed by atoms with Crippen LogP contribution in [0.2, 0.25) is 0 Å². The molecule has 0 aliphatic rings. The molecule has 0 saturated carbocycles. The average molecular weight is 819 g/mol. The number of benzene rings is 2. The third-order valence-electron chi connectivity index (χ3n) is 8.63. The molecule has 2 aromatic carbocycles. The number of carbonyl (C=O) groups excluding carboxylic acids is 3. The predicted molar refractivity (Wildman–Crippen MR) is 216 cm³/mol. The first-order valence-corrected chi connectivity index (χ1v) is 19.8. The molecule has 1 unspecified atom stereocenters. The Hall–Kier alpha value is -5.69. The lowest BCUT2D eigenvalue weighted by atomic mass is 10.0. The maximum absolute atomic E-state index is 13.5. The Labute approximate surface area is 339 Å². The minimum Gasteiger partial charge on any atom is -0.379 e. The fourth-order valence-electron chi connectivity index (χ4n) is 5.66. The summed E-state index contributed by atoms with van der Waals surface area (Å²) in [6, 6.07) is 16.6. The first-order valence-electron chi connectivity index (χ1n) is 18.8. The molecule has 5 rings (SSSR count). The van der Waals surface area contributed by atoms with Crippen molar-refractivity contribution in [2.45, 2.75) is 37.5 Å². The molecule has 0 bridgehead atoms. The van der Waals surface area contributed by atoms with Crippen molar-refractivity contribution in [3.8, 4) is 11.1 Å². The Morgan fingerprint density at radius 3 is 2.10 bits per heavy atom. The molecule has 0 radical (unpaired) electrons. The van der Waals surface area contributed by atoms with Crippen molar-refractivity contribution in [3.05, 3.63) is 100 Å². The van der Waals surface area contributed by atoms with Crippen molar-refractivity contribution in [2.24, 2.45) is 7.05 Å². The topological polar surface area (TPSA) is 208 Å². The highest BCUT2D eigenvalue weighted by Gasteiger charge is 2.23. The number of imidazole rings is 1. The standard InChI is InChI=1S/C40H48FN9O7S/c1-27(51)45-33(26-58-40-46-34-35(47-39(42)48-38(34)54)50(40)25-28-5-11-32(41)12-6-28)37(53)44-16-4-20-56-22-24-57-23-21-55-19-3-15-43-36(52)31-9-7-29(8-10-31)30-13-17-49(2)18-14-30/h5-14,17-18,33H,3-4,15-16,19-26H2,1-2H3,(H5-,42,43,44,45,47,48,51,52,53,54)/p+1. The van der Waals surface area contributed by atoms with E-state index in [9.17, 15) is 23.6 Å². The summed E-state index contributed by atoms with van der Waals surface area (Å²) in [7, 11) is 1.97. The lowest BCUT2D eigenvalue weighted by Crippen LogP contribution is -2.48. The highest BCUT2D eigenvalue weighted by molar-refractivity contribution is 7.99. The van der Waals surface area contributed by atoms with Gasteiger partial charge in [0.05, 0.1) is 33.0 Å². The van der Waals surface area contributed by atoms with Crippen molar-refractivity contribution in [1.29, 1.82) is 0 Å². The fourth-order valence-corrected chi connectivity index (χ4v) is 6.67. The quantitative estimate of drug-likeness (QED) is 0.0367. The molecule has 3 amide bonds. The van der Waals surface area contributed by atoms with Crippen LogP contribution in [-0.2, 0) is 37.4 Å². The number of anilines is 1. The normalized spacial score (nSPS) is 11.7. The average Bonchev–Trinajstić information content (AvgIpc) is 3.55. The summed E-state index contributed by atoms with van der Waals surface area (Å²) in [5, 5.41) is 8.78. The predicted octanol–water partition coefficient (Wildman–Crippen LogP) is 2.35. The third-order valence-corrected chi connectivity index (χ3v) is 9.70. The molecule has 5 aromatic rings. The number of fused-ring (bicyclic) bond motifs is 1. The molecule has 0 saturated heterocycles. The molecule has 0 aliphatic carbocycles. The highest BCUT2D eigenvalue weighted by Crippen LogP contribution is 2.24. The van der Waals surface area contributed by atoms with Gasteiger partial charge < -0.3 is 35.9 Å². The number of carbonyl (C=O) groups is 3. The number of thioether (sulfide) groups is 1. The first kappa shape index (κ1) is 43.4. The molecule has 6 N–H and O–H groups in total. The van der Waals surface area contributed by atoms with Gasteiger partial charge in [0.1, 0.15) is 18.9 Å². The van der Waals surface area contributed by atoms with E-state index in [-0.39, 0.29) is 47.0 Å². The van der Waals surface area contributed by atoms with E-state index in [1.165, 1.54) is 19.1 Å². The largest absolute Gasteiger partial charge is 0.379 e. The number of nitrogens with one attached hydrogen (secondary N) is 4. The Kier molecular flexibility index (Phi) is 16.7. The number of hydrogen-bond acceptors (Lipinski definition) is 11. The molecule has 0 spiro atoms. The maximum atomic E-state index is 13.5. The zero-order valence-electron chi connectivity index (χ0n) is 32.5. The van der Waals surface area contributed by atoms with Gasteiger partial charge in [0.2, 0.25) is 17.8 Å². The number of aryl methyl sites for hydroxylation is 1. The summed E-state index contributed by atoms with van der Waals surface area (Å²) in [6.45, 7) is 4.80. The van der Waals surface area contributed by atoms with Crippen molar-refractivity contribution in [3.63, 3.8) is 0 Å². The minimum absolute atomic E-state index is 0.0596. The van der Waals surface area contributed by atoms with Crippen LogP contribution < -0.4 is 31.8 Å². The van der Waals surface area contributed by atoms with E-state index >= 15 is 0 Å². The van der Waals surface area contributed by atoms with E-state index in [4.69, 9.17) is 19.9 Å². The molecule has 16 nitrogen and oxygen atoms in total. The number of nitrogens with zero attached hydrogens (tertiary/aromatic N) is 4. The lowest BCUT2D eigenvalue weighted by molar-refractivity contribution is -0.671. The van der Waals surface area contributed by atoms with Gasteiger partial charge in [0.25, 0.3) is 11.5 Å². The van der Waals surface area contributed by atoms with Gasteiger partial charge in [-0.2, -0.15) is 4.98 Å². The lowest BCUT2D eigenvalue weighted by Gasteiger charge is -2.17. The Bertz CT molecular complexity index is 2170. The molecule has 3 heterocycles. The summed E-state index contributed by atoms with van der Waals surface area (Å²) in [6.07, 6.45) is 5.17. The minimum atomic E-state index is -0.902. The summed E-state index contributed by atoms with van der Waals surface area (Å²) in [5.74, 6) is -1.28. The SMILES string of the molecule is CC(=O)NC(CSc1nc2c(=O)[nH]c(N)nc2n1Cc1ccc(F)cc1)C(=O)NCCCOCCOCCOCCCNC(=O)c1ccc(-c2cc[n+](C)cc2)cc1. The Morgan fingerprint density at radius 2 is 1.47 bits per heavy atom. The number of nitrogen functional groups attached to an aromatic ring is 1.